The fourth-order valence-electron chi connectivity index (χ4n) is 2.87. The second-order valence-electron chi connectivity index (χ2n) is 5.42. The molecule has 0 aliphatic carbocycles. The first kappa shape index (κ1) is 17.1. The third kappa shape index (κ3) is 3.10. The van der Waals surface area contributed by atoms with Crippen molar-refractivity contribution in [2.24, 2.45) is 0 Å². The maximum absolute atomic E-state index is 2.29. The third-order valence-corrected chi connectivity index (χ3v) is 7.64. The molecule has 1 heterocycles. The number of hydrogen-bond acceptors (Lipinski definition) is 1. The smallest absolute Gasteiger partial charge is 0.187 e. The minimum atomic E-state index is 0. The van der Waals surface area contributed by atoms with Gasteiger partial charge in [-0.05, 0) is 36.4 Å². The zero-order valence-electron chi connectivity index (χ0n) is 13.3. The molecule has 0 bridgehead atoms. The second kappa shape index (κ2) is 7.43. The van der Waals surface area contributed by atoms with Gasteiger partial charge < -0.3 is 12.4 Å². The van der Waals surface area contributed by atoms with E-state index in [0.29, 0.717) is 0 Å². The molecule has 0 saturated carbocycles. The van der Waals surface area contributed by atoms with E-state index in [2.05, 4.69) is 91.9 Å². The van der Waals surface area contributed by atoms with Gasteiger partial charge >= 0.3 is 0 Å². The molecule has 0 nitrogen and oxygen atoms in total. The highest BCUT2D eigenvalue weighted by Crippen LogP contribution is 2.50. The van der Waals surface area contributed by atoms with Gasteiger partial charge in [-0.25, -0.2) is 0 Å². The van der Waals surface area contributed by atoms with Crippen LogP contribution in [0.1, 0.15) is 4.88 Å². The van der Waals surface area contributed by atoms with Crippen molar-refractivity contribution >= 4 is 32.3 Å². The highest BCUT2D eigenvalue weighted by atomic mass is 35.5. The average Bonchev–Trinajstić information content (AvgIpc) is 2.89. The Morgan fingerprint density at radius 1 is 0.708 bits per heavy atom. The Labute approximate surface area is 155 Å². The molecule has 120 valence electrons. The van der Waals surface area contributed by atoms with E-state index in [4.69, 9.17) is 0 Å². The summed E-state index contributed by atoms with van der Waals surface area (Å²) in [4.78, 5) is 5.60. The van der Waals surface area contributed by atoms with Crippen LogP contribution >= 0.6 is 22.2 Å². The summed E-state index contributed by atoms with van der Waals surface area (Å²) in [6, 6.07) is 30.4. The van der Waals surface area contributed by atoms with Gasteiger partial charge in [-0.2, -0.15) is 0 Å². The van der Waals surface area contributed by atoms with Crippen LogP contribution in [0.4, 0.5) is 0 Å². The van der Waals surface area contributed by atoms with E-state index in [0.717, 1.165) is 0 Å². The van der Waals surface area contributed by atoms with Gasteiger partial charge in [0.1, 0.15) is 0 Å². The lowest BCUT2D eigenvalue weighted by molar-refractivity contribution is -0.00000438. The Morgan fingerprint density at radius 3 is 2.00 bits per heavy atom. The third-order valence-electron chi connectivity index (χ3n) is 3.92. The predicted molar refractivity (Wildman–Crippen MR) is 103 cm³/mol. The van der Waals surface area contributed by atoms with Gasteiger partial charge in [-0.3, -0.25) is 0 Å². The quantitative estimate of drug-likeness (QED) is 0.492. The van der Waals surface area contributed by atoms with Crippen LogP contribution in [0.5, 0.6) is 0 Å². The predicted octanol–water partition coefficient (Wildman–Crippen LogP) is 4.04. The van der Waals surface area contributed by atoms with Crippen molar-refractivity contribution in [1.82, 2.24) is 0 Å². The van der Waals surface area contributed by atoms with Crippen molar-refractivity contribution in [3.63, 3.8) is 0 Å². The van der Waals surface area contributed by atoms with Gasteiger partial charge in [0.15, 0.2) is 14.5 Å². The van der Waals surface area contributed by atoms with E-state index in [1.165, 1.54) is 29.6 Å². The van der Waals surface area contributed by atoms with Crippen molar-refractivity contribution in [3.05, 3.63) is 89.8 Å². The van der Waals surface area contributed by atoms with Crippen LogP contribution < -0.4 is 12.4 Å². The topological polar surface area (TPSA) is 0 Å². The second-order valence-corrected chi connectivity index (χ2v) is 8.64. The number of rotatable bonds is 3. The van der Waals surface area contributed by atoms with E-state index >= 15 is 0 Å². The lowest BCUT2D eigenvalue weighted by Gasteiger charge is -1.99. The van der Waals surface area contributed by atoms with Crippen LogP contribution in [0.2, 0.25) is 0 Å². The molecular weight excluding hydrogens is 352 g/mol. The summed E-state index contributed by atoms with van der Waals surface area (Å²) in [6.07, 6.45) is 0. The van der Waals surface area contributed by atoms with Gasteiger partial charge in [-0.15, -0.1) is 0 Å². The summed E-state index contributed by atoms with van der Waals surface area (Å²) in [7, 11) is 0.0447. The molecule has 0 fully saturated rings. The van der Waals surface area contributed by atoms with E-state index in [1.54, 1.807) is 0 Å². The molecule has 24 heavy (non-hydrogen) atoms. The van der Waals surface area contributed by atoms with E-state index < -0.39 is 0 Å². The average molecular weight is 369 g/mol. The number of benzene rings is 3. The molecular formula is C21H17ClS2. The molecule has 0 amide bonds. The number of halogens is 1. The molecule has 3 aromatic carbocycles. The van der Waals surface area contributed by atoms with Crippen LogP contribution in [0, 0.1) is 6.92 Å². The molecule has 0 N–H and O–H groups in total. The normalized spacial score (nSPS) is 11.3. The zero-order valence-corrected chi connectivity index (χ0v) is 15.7. The number of hydrogen-bond donors (Lipinski definition) is 0. The van der Waals surface area contributed by atoms with Gasteiger partial charge in [0.2, 0.25) is 0 Å². The van der Waals surface area contributed by atoms with E-state index in [1.807, 2.05) is 11.8 Å². The highest BCUT2D eigenvalue weighted by Gasteiger charge is 2.26. The molecule has 0 saturated heterocycles. The monoisotopic (exact) mass is 368 g/mol. The van der Waals surface area contributed by atoms with Crippen molar-refractivity contribution in [3.8, 4) is 4.90 Å². The minimum Gasteiger partial charge on any atom is -1.00 e. The van der Waals surface area contributed by atoms with Crippen LogP contribution in [0.25, 0.3) is 15.0 Å². The number of fused-ring (bicyclic) bond motifs is 1. The Morgan fingerprint density at radius 2 is 1.29 bits per heavy atom. The summed E-state index contributed by atoms with van der Waals surface area (Å²) < 4.78 is 1.45. The first-order valence-corrected chi connectivity index (χ1v) is 9.71. The molecule has 0 aliphatic rings. The lowest BCUT2D eigenvalue weighted by Crippen LogP contribution is -3.00. The summed E-state index contributed by atoms with van der Waals surface area (Å²) in [6.45, 7) is 2.29. The maximum atomic E-state index is 2.29. The van der Waals surface area contributed by atoms with E-state index in [-0.39, 0.29) is 22.9 Å². The van der Waals surface area contributed by atoms with Gasteiger partial charge in [0.25, 0.3) is 0 Å². The van der Waals surface area contributed by atoms with Crippen molar-refractivity contribution in [2.75, 3.05) is 0 Å². The van der Waals surface area contributed by atoms with Gasteiger partial charge in [0.05, 0.1) is 10.3 Å². The standard InChI is InChI=1S/C21H17S2.ClH/c1-16-21(22-17-10-4-2-5-11-17)19-14-8-9-15-20(19)23(16)18-12-6-3-7-13-18;/h2-15H,1H3;1H/q+1;/p-1. The van der Waals surface area contributed by atoms with Gasteiger partial charge in [-0.1, -0.05) is 60.3 Å². The summed E-state index contributed by atoms with van der Waals surface area (Å²) in [5, 5.41) is 1.39. The Hall–Kier alpha value is -1.74. The van der Waals surface area contributed by atoms with Crippen molar-refractivity contribution in [1.29, 1.82) is 0 Å². The largest absolute Gasteiger partial charge is 1.00 e. The lowest BCUT2D eigenvalue weighted by atomic mass is 10.2. The Kier molecular flexibility index (Phi) is 5.30. The fourth-order valence-corrected chi connectivity index (χ4v) is 6.54. The Balaban J connectivity index is 0.00000169. The Bertz CT molecular complexity index is 944. The molecule has 1 aromatic heterocycles. The first-order valence-electron chi connectivity index (χ1n) is 7.67. The van der Waals surface area contributed by atoms with E-state index in [9.17, 15) is 0 Å². The summed E-state index contributed by atoms with van der Waals surface area (Å²) in [5.41, 5.74) is 0. The van der Waals surface area contributed by atoms with Crippen LogP contribution in [-0.4, -0.2) is 0 Å². The number of thiophene rings is 1. The molecule has 1 atom stereocenters. The SMILES string of the molecule is Cc1c(Sc2ccccc2)c2ccccc2[s+]1-c1ccccc1.[Cl-]. The highest BCUT2D eigenvalue weighted by molar-refractivity contribution is 7.99. The molecule has 0 radical (unpaired) electrons. The van der Waals surface area contributed by atoms with Crippen molar-refractivity contribution in [2.45, 2.75) is 16.7 Å². The molecule has 1 unspecified atom stereocenters. The van der Waals surface area contributed by atoms with Crippen LogP contribution in [0.15, 0.2) is 94.7 Å². The van der Waals surface area contributed by atoms with Gasteiger partial charge in [0, 0.05) is 22.3 Å². The summed E-state index contributed by atoms with van der Waals surface area (Å²) >= 11 is 1.89. The zero-order chi connectivity index (χ0) is 15.6. The molecule has 3 heteroatoms. The maximum Gasteiger partial charge on any atom is 0.187 e. The van der Waals surface area contributed by atoms with Crippen LogP contribution in [0.3, 0.4) is 0 Å². The molecule has 0 spiro atoms. The molecule has 0 aliphatic heterocycles. The summed E-state index contributed by atoms with van der Waals surface area (Å²) in [5.74, 6) is 0. The minimum absolute atomic E-state index is 0. The first-order chi connectivity index (χ1) is 11.3. The molecule has 4 aromatic rings. The van der Waals surface area contributed by atoms with Crippen LogP contribution in [-0.2, 0) is 0 Å². The fraction of sp³-hybridized carbons (Fsp3) is 0.0476. The van der Waals surface area contributed by atoms with Crippen molar-refractivity contribution < 1.29 is 12.4 Å². The molecule has 4 rings (SSSR count).